The van der Waals surface area contributed by atoms with E-state index in [1.807, 2.05) is 31.3 Å². The maximum absolute atomic E-state index is 5.73. The number of benzene rings is 1. The highest BCUT2D eigenvalue weighted by Crippen LogP contribution is 2.18. The quantitative estimate of drug-likeness (QED) is 0.828. The highest BCUT2D eigenvalue weighted by atomic mass is 16.5. The van der Waals surface area contributed by atoms with E-state index in [0.29, 0.717) is 12.5 Å². The molecule has 5 nitrogen and oxygen atoms in total. The van der Waals surface area contributed by atoms with Gasteiger partial charge in [0.05, 0.1) is 0 Å². The average molecular weight is 261 g/mol. The highest BCUT2D eigenvalue weighted by Gasteiger charge is 2.08. The fourth-order valence-electron chi connectivity index (χ4n) is 1.79. The molecular formula is C14H19N3O2. The molecular weight excluding hydrogens is 242 g/mol. The molecule has 0 aliphatic heterocycles. The predicted molar refractivity (Wildman–Crippen MR) is 71.8 cm³/mol. The van der Waals surface area contributed by atoms with Gasteiger partial charge in [0.25, 0.3) is 5.89 Å². The number of rotatable bonds is 7. The Morgan fingerprint density at radius 3 is 2.95 bits per heavy atom. The molecule has 5 heteroatoms. The first-order valence-electron chi connectivity index (χ1n) is 6.50. The van der Waals surface area contributed by atoms with Crippen LogP contribution in [0, 0.1) is 0 Å². The predicted octanol–water partition coefficient (Wildman–Crippen LogP) is 2.32. The van der Waals surface area contributed by atoms with Crippen LogP contribution in [-0.2, 0) is 19.6 Å². The summed E-state index contributed by atoms with van der Waals surface area (Å²) in [5.41, 5.74) is 1.11. The lowest BCUT2D eigenvalue weighted by Crippen LogP contribution is -2.07. The molecule has 0 aliphatic carbocycles. The van der Waals surface area contributed by atoms with Gasteiger partial charge in [0, 0.05) is 18.5 Å². The molecule has 2 aromatic rings. The van der Waals surface area contributed by atoms with Gasteiger partial charge in [0.2, 0.25) is 0 Å². The van der Waals surface area contributed by atoms with Crippen LogP contribution in [0.15, 0.2) is 28.8 Å². The first-order chi connectivity index (χ1) is 9.33. The zero-order chi connectivity index (χ0) is 13.5. The minimum atomic E-state index is 0.303. The lowest BCUT2D eigenvalue weighted by molar-refractivity contribution is 0.240. The summed E-state index contributed by atoms with van der Waals surface area (Å²) in [7, 11) is 1.91. The number of para-hydroxylation sites is 1. The van der Waals surface area contributed by atoms with Crippen LogP contribution in [-0.4, -0.2) is 17.2 Å². The summed E-state index contributed by atoms with van der Waals surface area (Å²) in [5.74, 6) is 2.10. The molecule has 0 atom stereocenters. The van der Waals surface area contributed by atoms with Crippen molar-refractivity contribution >= 4 is 0 Å². The van der Waals surface area contributed by atoms with E-state index in [9.17, 15) is 0 Å². The average Bonchev–Trinajstić information content (AvgIpc) is 2.86. The van der Waals surface area contributed by atoms with Crippen LogP contribution >= 0.6 is 0 Å². The van der Waals surface area contributed by atoms with E-state index in [-0.39, 0.29) is 0 Å². The molecule has 1 aromatic heterocycles. The first-order valence-corrected chi connectivity index (χ1v) is 6.50. The number of hydrogen-bond donors (Lipinski definition) is 1. The second-order valence-corrected chi connectivity index (χ2v) is 4.28. The van der Waals surface area contributed by atoms with Gasteiger partial charge in [-0.25, -0.2) is 0 Å². The molecule has 102 valence electrons. The Hall–Kier alpha value is -1.88. The van der Waals surface area contributed by atoms with Crippen molar-refractivity contribution in [3.63, 3.8) is 0 Å². The third-order valence-corrected chi connectivity index (χ3v) is 2.67. The maximum Gasteiger partial charge on any atom is 0.264 e. The Bertz CT molecular complexity index is 511. The van der Waals surface area contributed by atoms with Crippen LogP contribution in [0.2, 0.25) is 0 Å². The van der Waals surface area contributed by atoms with Crippen molar-refractivity contribution in [2.45, 2.75) is 32.9 Å². The number of ether oxygens (including phenoxy) is 1. The van der Waals surface area contributed by atoms with Crippen LogP contribution in [0.4, 0.5) is 0 Å². The summed E-state index contributed by atoms with van der Waals surface area (Å²) in [6, 6.07) is 7.91. The Balaban J connectivity index is 1.97. The van der Waals surface area contributed by atoms with Crippen LogP contribution in [0.3, 0.4) is 0 Å². The lowest BCUT2D eigenvalue weighted by Gasteiger charge is -2.09. The van der Waals surface area contributed by atoms with Crippen molar-refractivity contribution < 1.29 is 9.26 Å². The first kappa shape index (κ1) is 13.5. The van der Waals surface area contributed by atoms with Crippen LogP contribution in [0.1, 0.15) is 30.6 Å². The smallest absolute Gasteiger partial charge is 0.264 e. The van der Waals surface area contributed by atoms with E-state index in [1.165, 1.54) is 0 Å². The van der Waals surface area contributed by atoms with Gasteiger partial charge in [0.1, 0.15) is 5.75 Å². The molecule has 19 heavy (non-hydrogen) atoms. The van der Waals surface area contributed by atoms with Crippen LogP contribution in [0.5, 0.6) is 5.75 Å². The maximum atomic E-state index is 5.73. The summed E-state index contributed by atoms with van der Waals surface area (Å²) < 4.78 is 10.9. The third kappa shape index (κ3) is 3.79. The second kappa shape index (κ2) is 6.89. The fourth-order valence-corrected chi connectivity index (χ4v) is 1.79. The molecule has 0 saturated carbocycles. The van der Waals surface area contributed by atoms with E-state index in [0.717, 1.165) is 36.5 Å². The Morgan fingerprint density at radius 1 is 1.32 bits per heavy atom. The molecule has 1 heterocycles. The van der Waals surface area contributed by atoms with Gasteiger partial charge in [-0.3, -0.25) is 0 Å². The van der Waals surface area contributed by atoms with Crippen molar-refractivity contribution in [1.29, 1.82) is 0 Å². The van der Waals surface area contributed by atoms with E-state index < -0.39 is 0 Å². The van der Waals surface area contributed by atoms with Crippen molar-refractivity contribution in [3.05, 3.63) is 41.5 Å². The van der Waals surface area contributed by atoms with Crippen molar-refractivity contribution in [3.8, 4) is 5.75 Å². The van der Waals surface area contributed by atoms with E-state index in [1.54, 1.807) is 0 Å². The number of hydrogen-bond acceptors (Lipinski definition) is 5. The monoisotopic (exact) mass is 261 g/mol. The Labute approximate surface area is 113 Å². The number of aryl methyl sites for hydroxylation is 1. The Kier molecular flexibility index (Phi) is 4.92. The minimum Gasteiger partial charge on any atom is -0.483 e. The van der Waals surface area contributed by atoms with Crippen molar-refractivity contribution in [2.24, 2.45) is 0 Å². The molecule has 0 saturated heterocycles. The SMILES string of the molecule is CCCc1noc(COc2ccccc2CNC)n1. The zero-order valence-corrected chi connectivity index (χ0v) is 11.3. The molecule has 0 aliphatic rings. The molecule has 0 fully saturated rings. The molecule has 0 bridgehead atoms. The minimum absolute atomic E-state index is 0.303. The van der Waals surface area contributed by atoms with Gasteiger partial charge in [-0.1, -0.05) is 30.3 Å². The van der Waals surface area contributed by atoms with Gasteiger partial charge in [-0.2, -0.15) is 4.98 Å². The highest BCUT2D eigenvalue weighted by molar-refractivity contribution is 5.33. The third-order valence-electron chi connectivity index (χ3n) is 2.67. The second-order valence-electron chi connectivity index (χ2n) is 4.28. The zero-order valence-electron chi connectivity index (χ0n) is 11.3. The summed E-state index contributed by atoms with van der Waals surface area (Å²) in [5, 5.41) is 7.01. The van der Waals surface area contributed by atoms with Gasteiger partial charge in [0.15, 0.2) is 12.4 Å². The summed E-state index contributed by atoms with van der Waals surface area (Å²) in [6.45, 7) is 3.15. The molecule has 0 radical (unpaired) electrons. The van der Waals surface area contributed by atoms with Crippen LogP contribution < -0.4 is 10.1 Å². The molecule has 0 unspecified atom stereocenters. The lowest BCUT2D eigenvalue weighted by atomic mass is 10.2. The van der Waals surface area contributed by atoms with Crippen molar-refractivity contribution in [1.82, 2.24) is 15.5 Å². The summed E-state index contributed by atoms with van der Waals surface area (Å²) in [4.78, 5) is 4.27. The molecule has 2 rings (SSSR count). The van der Waals surface area contributed by atoms with E-state index in [2.05, 4.69) is 22.4 Å². The number of nitrogens with zero attached hydrogens (tertiary/aromatic N) is 2. The van der Waals surface area contributed by atoms with Gasteiger partial charge >= 0.3 is 0 Å². The van der Waals surface area contributed by atoms with Gasteiger partial charge < -0.3 is 14.6 Å². The summed E-state index contributed by atoms with van der Waals surface area (Å²) >= 11 is 0. The number of aromatic nitrogens is 2. The standard InChI is InChI=1S/C14H19N3O2/c1-3-6-13-16-14(19-17-13)10-18-12-8-5-4-7-11(12)9-15-2/h4-5,7-8,15H,3,6,9-10H2,1-2H3. The topological polar surface area (TPSA) is 60.2 Å². The Morgan fingerprint density at radius 2 is 2.16 bits per heavy atom. The van der Waals surface area contributed by atoms with Gasteiger partial charge in [-0.15, -0.1) is 0 Å². The molecule has 0 amide bonds. The van der Waals surface area contributed by atoms with E-state index >= 15 is 0 Å². The van der Waals surface area contributed by atoms with E-state index in [4.69, 9.17) is 9.26 Å². The largest absolute Gasteiger partial charge is 0.483 e. The molecule has 0 spiro atoms. The van der Waals surface area contributed by atoms with Crippen molar-refractivity contribution in [2.75, 3.05) is 7.05 Å². The van der Waals surface area contributed by atoms with Crippen LogP contribution in [0.25, 0.3) is 0 Å². The molecule has 1 aromatic carbocycles. The van der Waals surface area contributed by atoms with Gasteiger partial charge in [-0.05, 0) is 19.5 Å². The molecule has 1 N–H and O–H groups in total. The normalized spacial score (nSPS) is 10.6. The fraction of sp³-hybridized carbons (Fsp3) is 0.429. The summed E-state index contributed by atoms with van der Waals surface area (Å²) in [6.07, 6.45) is 1.84. The number of nitrogens with one attached hydrogen (secondary N) is 1.